The van der Waals surface area contributed by atoms with Crippen molar-refractivity contribution in [3.8, 4) is 0 Å². The van der Waals surface area contributed by atoms with E-state index in [0.717, 1.165) is 0 Å². The van der Waals surface area contributed by atoms with Gasteiger partial charge in [0.2, 0.25) is 0 Å². The minimum atomic E-state index is -1.81. The summed E-state index contributed by atoms with van der Waals surface area (Å²) in [5, 5.41) is 0. The van der Waals surface area contributed by atoms with E-state index in [9.17, 15) is 28.8 Å². The number of hydrogen-bond acceptors (Lipinski definition) is 18. The second-order valence-corrected chi connectivity index (χ2v) is 16.7. The van der Waals surface area contributed by atoms with Crippen molar-refractivity contribution in [2.75, 3.05) is 79.3 Å². The van der Waals surface area contributed by atoms with Gasteiger partial charge in [-0.15, -0.1) is 0 Å². The largest absolute Gasteiger partial charge is 0.465 e. The molecule has 18 heteroatoms. The summed E-state index contributed by atoms with van der Waals surface area (Å²) in [5.41, 5.74) is 0. The number of carbonyl (C=O) groups is 6. The number of rotatable bonds is 30. The van der Waals surface area contributed by atoms with Gasteiger partial charge in [0.05, 0.1) is 151 Å². The highest BCUT2D eigenvalue weighted by molar-refractivity contribution is 5.98. The van der Waals surface area contributed by atoms with E-state index in [1.807, 2.05) is 0 Å². The highest BCUT2D eigenvalue weighted by Crippen LogP contribution is 2.50. The fourth-order valence-electron chi connectivity index (χ4n) is 7.99. The van der Waals surface area contributed by atoms with E-state index in [1.54, 1.807) is 0 Å². The SMILES string of the molecule is O=C(OCCCC1CO1)C1C(C(=O)OCCCC2CO2)C(C(=O)OCCCC2CO2)C(C(=O)OCCCC2CO2)C(C(=O)OCCCC2CO2)C1C(=O)OCCCC1CO1. The average Bonchev–Trinajstić information content (AvgIpc) is 4.01. The molecule has 7 aliphatic rings. The van der Waals surface area contributed by atoms with Crippen LogP contribution in [0.3, 0.4) is 0 Å². The quantitative estimate of drug-likeness (QED) is 0.0435. The zero-order valence-electron chi connectivity index (χ0n) is 34.2. The van der Waals surface area contributed by atoms with Crippen LogP contribution in [0.2, 0.25) is 0 Å². The van der Waals surface area contributed by atoms with Gasteiger partial charge in [0.15, 0.2) is 0 Å². The molecule has 0 aromatic heterocycles. The summed E-state index contributed by atoms with van der Waals surface area (Å²) >= 11 is 0. The predicted molar refractivity (Wildman–Crippen MR) is 201 cm³/mol. The third-order valence-corrected chi connectivity index (χ3v) is 11.9. The van der Waals surface area contributed by atoms with Crippen LogP contribution in [0.5, 0.6) is 0 Å². The van der Waals surface area contributed by atoms with E-state index in [0.29, 0.717) is 117 Å². The molecule has 0 spiro atoms. The van der Waals surface area contributed by atoms with Crippen LogP contribution in [-0.4, -0.2) is 152 Å². The van der Waals surface area contributed by atoms with Crippen LogP contribution in [-0.2, 0) is 85.6 Å². The van der Waals surface area contributed by atoms with Crippen LogP contribution in [0, 0.1) is 35.5 Å². The highest BCUT2D eigenvalue weighted by atomic mass is 16.6. The molecular formula is C42H60O18. The smallest absolute Gasteiger partial charge is 0.310 e. The third kappa shape index (κ3) is 14.3. The average molecular weight is 853 g/mol. The topological polar surface area (TPSA) is 233 Å². The number of hydrogen-bond donors (Lipinski definition) is 0. The summed E-state index contributed by atoms with van der Waals surface area (Å²) in [4.78, 5) is 87.4. The normalized spacial score (nSPS) is 32.8. The van der Waals surface area contributed by atoms with Gasteiger partial charge in [0.1, 0.15) is 0 Å². The fraction of sp³-hybridized carbons (Fsp3) is 0.857. The monoisotopic (exact) mass is 852 g/mol. The van der Waals surface area contributed by atoms with Crippen molar-refractivity contribution in [1.82, 2.24) is 0 Å². The van der Waals surface area contributed by atoms with Crippen LogP contribution >= 0.6 is 0 Å². The maximum Gasteiger partial charge on any atom is 0.310 e. The van der Waals surface area contributed by atoms with Crippen LogP contribution in [0.15, 0.2) is 0 Å². The van der Waals surface area contributed by atoms with Gasteiger partial charge in [-0.05, 0) is 77.0 Å². The molecule has 60 heavy (non-hydrogen) atoms. The Morgan fingerprint density at radius 1 is 0.283 bits per heavy atom. The van der Waals surface area contributed by atoms with Crippen LogP contribution in [0.1, 0.15) is 77.0 Å². The first-order chi connectivity index (χ1) is 29.3. The van der Waals surface area contributed by atoms with E-state index < -0.39 is 71.3 Å². The zero-order chi connectivity index (χ0) is 41.8. The molecular weight excluding hydrogens is 792 g/mol. The molecule has 6 unspecified atom stereocenters. The molecule has 0 amide bonds. The van der Waals surface area contributed by atoms with E-state index in [-0.39, 0.29) is 76.3 Å². The first kappa shape index (κ1) is 44.6. The minimum Gasteiger partial charge on any atom is -0.465 e. The lowest BCUT2D eigenvalue weighted by atomic mass is 9.56. The lowest BCUT2D eigenvalue weighted by molar-refractivity contribution is -0.200. The second kappa shape index (κ2) is 22.1. The van der Waals surface area contributed by atoms with Gasteiger partial charge in [0.25, 0.3) is 0 Å². The van der Waals surface area contributed by atoms with E-state index >= 15 is 0 Å². The van der Waals surface area contributed by atoms with Gasteiger partial charge < -0.3 is 56.8 Å². The Bertz CT molecular complexity index is 1170. The molecule has 336 valence electrons. The number of esters is 6. The molecule has 6 aliphatic heterocycles. The molecule has 0 N–H and O–H groups in total. The van der Waals surface area contributed by atoms with Gasteiger partial charge in [0, 0.05) is 0 Å². The van der Waals surface area contributed by atoms with Crippen LogP contribution in [0.4, 0.5) is 0 Å². The van der Waals surface area contributed by atoms with Crippen LogP contribution in [0.25, 0.3) is 0 Å². The molecule has 1 saturated carbocycles. The molecule has 0 radical (unpaired) electrons. The first-order valence-electron chi connectivity index (χ1n) is 22.0. The van der Waals surface area contributed by atoms with E-state index in [2.05, 4.69) is 0 Å². The summed E-state index contributed by atoms with van der Waals surface area (Å²) in [7, 11) is 0. The standard InChI is InChI=1S/C42H60O18/c43-37(49-13-1-7-25-19-55-25)31-32(38(44)50-14-2-8-26-20-56-26)34(40(46)52-16-4-10-28-22-58-28)36(42(48)54-18-6-12-30-24-60-30)35(41(47)53-17-5-11-29-23-59-29)33(31)39(45)51-15-3-9-27-21-57-27/h25-36H,1-24H2. The van der Waals surface area contributed by atoms with Gasteiger partial charge in [-0.2, -0.15) is 0 Å². The van der Waals surface area contributed by atoms with Crippen molar-refractivity contribution in [2.45, 2.75) is 114 Å². The Labute approximate surface area is 349 Å². The number of ether oxygens (including phenoxy) is 12. The Hall–Kier alpha value is -3.42. The maximum absolute atomic E-state index is 14.6. The maximum atomic E-state index is 14.6. The van der Waals surface area contributed by atoms with Crippen LogP contribution < -0.4 is 0 Å². The molecule has 0 bridgehead atoms. The summed E-state index contributed by atoms with van der Waals surface area (Å²) in [6.07, 6.45) is 6.36. The lowest BCUT2D eigenvalue weighted by Gasteiger charge is -2.45. The Balaban J connectivity index is 1.22. The molecule has 6 saturated heterocycles. The molecule has 18 nitrogen and oxygen atoms in total. The molecule has 1 aliphatic carbocycles. The fourth-order valence-corrected chi connectivity index (χ4v) is 7.99. The number of epoxide rings is 6. The Morgan fingerprint density at radius 3 is 0.533 bits per heavy atom. The van der Waals surface area contributed by atoms with Crippen molar-refractivity contribution >= 4 is 35.8 Å². The lowest BCUT2D eigenvalue weighted by Crippen LogP contribution is -2.61. The minimum absolute atomic E-state index is 0.0470. The molecule has 7 rings (SSSR count). The first-order valence-corrected chi connectivity index (χ1v) is 22.0. The summed E-state index contributed by atoms with van der Waals surface area (Å²) in [5.74, 6) is -17.1. The van der Waals surface area contributed by atoms with E-state index in [4.69, 9.17) is 56.8 Å². The van der Waals surface area contributed by atoms with Gasteiger partial charge in [-0.25, -0.2) is 0 Å². The highest BCUT2D eigenvalue weighted by Gasteiger charge is 2.66. The van der Waals surface area contributed by atoms with Gasteiger partial charge in [-0.3, -0.25) is 28.8 Å². The molecule has 6 heterocycles. The summed E-state index contributed by atoms with van der Waals surface area (Å²) in [6.45, 7) is 2.96. The summed E-state index contributed by atoms with van der Waals surface area (Å²) in [6, 6.07) is 0. The van der Waals surface area contributed by atoms with Crippen molar-refractivity contribution in [3.63, 3.8) is 0 Å². The van der Waals surface area contributed by atoms with E-state index in [1.165, 1.54) is 0 Å². The zero-order valence-corrected chi connectivity index (χ0v) is 34.2. The molecule has 7 fully saturated rings. The van der Waals surface area contributed by atoms with Gasteiger partial charge >= 0.3 is 35.8 Å². The Kier molecular flexibility index (Phi) is 16.4. The van der Waals surface area contributed by atoms with Gasteiger partial charge in [-0.1, -0.05) is 0 Å². The summed E-state index contributed by atoms with van der Waals surface area (Å²) < 4.78 is 66.4. The number of carbonyl (C=O) groups excluding carboxylic acids is 6. The third-order valence-electron chi connectivity index (χ3n) is 11.9. The van der Waals surface area contributed by atoms with Crippen molar-refractivity contribution in [2.24, 2.45) is 35.5 Å². The predicted octanol–water partition coefficient (Wildman–Crippen LogP) is 2.03. The van der Waals surface area contributed by atoms with Crippen molar-refractivity contribution in [1.29, 1.82) is 0 Å². The molecule has 0 aromatic rings. The van der Waals surface area contributed by atoms with Crippen molar-refractivity contribution in [3.05, 3.63) is 0 Å². The molecule has 0 aromatic carbocycles. The van der Waals surface area contributed by atoms with Crippen molar-refractivity contribution < 1.29 is 85.6 Å². The molecule has 6 atom stereocenters. The Morgan fingerprint density at radius 2 is 0.417 bits per heavy atom. The second-order valence-electron chi connectivity index (χ2n) is 16.7.